The standard InChI is InChI=1S/C10H20O/c1-8(2)9(11-6)7-10(3,4)5/h7-8H,1-6H3/b9-7+. The molecule has 0 saturated carbocycles. The van der Waals surface area contributed by atoms with Gasteiger partial charge in [0.1, 0.15) is 0 Å². The topological polar surface area (TPSA) is 9.23 Å². The van der Waals surface area contributed by atoms with Crippen molar-refractivity contribution >= 4 is 0 Å². The van der Waals surface area contributed by atoms with Gasteiger partial charge in [-0.1, -0.05) is 34.6 Å². The number of methoxy groups -OCH3 is 1. The third-order valence-corrected chi connectivity index (χ3v) is 1.38. The highest BCUT2D eigenvalue weighted by molar-refractivity contribution is 5.01. The van der Waals surface area contributed by atoms with E-state index in [-0.39, 0.29) is 5.41 Å². The molecular weight excluding hydrogens is 136 g/mol. The Morgan fingerprint density at radius 1 is 1.27 bits per heavy atom. The predicted molar refractivity (Wildman–Crippen MR) is 49.4 cm³/mol. The summed E-state index contributed by atoms with van der Waals surface area (Å²) in [6.07, 6.45) is 2.18. The van der Waals surface area contributed by atoms with E-state index >= 15 is 0 Å². The molecule has 1 heteroatoms. The van der Waals surface area contributed by atoms with Gasteiger partial charge in [0.2, 0.25) is 0 Å². The fraction of sp³-hybridized carbons (Fsp3) is 0.800. The highest BCUT2D eigenvalue weighted by Gasteiger charge is 2.10. The van der Waals surface area contributed by atoms with Gasteiger partial charge in [-0.05, 0) is 11.5 Å². The largest absolute Gasteiger partial charge is 0.501 e. The summed E-state index contributed by atoms with van der Waals surface area (Å²) in [4.78, 5) is 0. The second-order valence-corrected chi connectivity index (χ2v) is 4.27. The third-order valence-electron chi connectivity index (χ3n) is 1.38. The van der Waals surface area contributed by atoms with Crippen molar-refractivity contribution in [2.24, 2.45) is 11.3 Å². The number of allylic oxidation sites excluding steroid dienone is 2. The van der Waals surface area contributed by atoms with Gasteiger partial charge in [-0.3, -0.25) is 0 Å². The third kappa shape index (κ3) is 4.88. The van der Waals surface area contributed by atoms with E-state index in [9.17, 15) is 0 Å². The van der Waals surface area contributed by atoms with Gasteiger partial charge in [0.05, 0.1) is 12.9 Å². The van der Waals surface area contributed by atoms with Crippen molar-refractivity contribution in [3.8, 4) is 0 Å². The van der Waals surface area contributed by atoms with Crippen molar-refractivity contribution in [3.63, 3.8) is 0 Å². The summed E-state index contributed by atoms with van der Waals surface area (Å²) < 4.78 is 5.25. The number of ether oxygens (including phenoxy) is 1. The molecule has 0 atom stereocenters. The molecule has 0 aliphatic rings. The molecular formula is C10H20O. The van der Waals surface area contributed by atoms with Gasteiger partial charge >= 0.3 is 0 Å². The Labute approximate surface area is 70.4 Å². The molecule has 0 aliphatic heterocycles. The van der Waals surface area contributed by atoms with E-state index in [1.54, 1.807) is 7.11 Å². The number of rotatable bonds is 2. The fourth-order valence-corrected chi connectivity index (χ4v) is 0.888. The average Bonchev–Trinajstić information content (AvgIpc) is 1.80. The zero-order chi connectivity index (χ0) is 9.07. The second kappa shape index (κ2) is 3.80. The minimum absolute atomic E-state index is 0.218. The van der Waals surface area contributed by atoms with E-state index < -0.39 is 0 Å². The van der Waals surface area contributed by atoms with Gasteiger partial charge in [-0.25, -0.2) is 0 Å². The predicted octanol–water partition coefficient (Wildman–Crippen LogP) is 3.22. The van der Waals surface area contributed by atoms with Crippen molar-refractivity contribution in [3.05, 3.63) is 11.8 Å². The van der Waals surface area contributed by atoms with Crippen molar-refractivity contribution < 1.29 is 4.74 Å². The van der Waals surface area contributed by atoms with Gasteiger partial charge in [0, 0.05) is 5.92 Å². The lowest BCUT2D eigenvalue weighted by Gasteiger charge is -2.17. The molecule has 0 unspecified atom stereocenters. The Balaban J connectivity index is 4.36. The summed E-state index contributed by atoms with van der Waals surface area (Å²) in [6, 6.07) is 0. The lowest BCUT2D eigenvalue weighted by molar-refractivity contribution is 0.245. The lowest BCUT2D eigenvalue weighted by atomic mass is 9.93. The SMILES string of the molecule is CO/C(=C/C(C)(C)C)C(C)C. The van der Waals surface area contributed by atoms with Crippen molar-refractivity contribution in [2.75, 3.05) is 7.11 Å². The Hall–Kier alpha value is -0.460. The Morgan fingerprint density at radius 3 is 1.82 bits per heavy atom. The summed E-state index contributed by atoms with van der Waals surface area (Å²) in [7, 11) is 1.73. The van der Waals surface area contributed by atoms with E-state index in [2.05, 4.69) is 40.7 Å². The van der Waals surface area contributed by atoms with Crippen LogP contribution in [0.5, 0.6) is 0 Å². The first kappa shape index (κ1) is 10.5. The fourth-order valence-electron chi connectivity index (χ4n) is 0.888. The van der Waals surface area contributed by atoms with Crippen LogP contribution < -0.4 is 0 Å². The van der Waals surface area contributed by atoms with E-state index in [1.807, 2.05) is 0 Å². The highest BCUT2D eigenvalue weighted by Crippen LogP contribution is 2.21. The second-order valence-electron chi connectivity index (χ2n) is 4.27. The van der Waals surface area contributed by atoms with Crippen LogP contribution in [0.1, 0.15) is 34.6 Å². The van der Waals surface area contributed by atoms with Gasteiger partial charge in [-0.2, -0.15) is 0 Å². The van der Waals surface area contributed by atoms with Crippen LogP contribution in [0.3, 0.4) is 0 Å². The van der Waals surface area contributed by atoms with Crippen LogP contribution >= 0.6 is 0 Å². The summed E-state index contributed by atoms with van der Waals surface area (Å²) in [5.74, 6) is 1.57. The minimum atomic E-state index is 0.218. The van der Waals surface area contributed by atoms with Crippen LogP contribution in [0.2, 0.25) is 0 Å². The Kier molecular flexibility index (Phi) is 3.64. The normalized spacial score (nSPS) is 13.9. The molecule has 1 nitrogen and oxygen atoms in total. The molecule has 0 aliphatic carbocycles. The van der Waals surface area contributed by atoms with Crippen LogP contribution in [0, 0.1) is 11.3 Å². The van der Waals surface area contributed by atoms with Gasteiger partial charge in [0.25, 0.3) is 0 Å². The molecule has 0 heterocycles. The average molecular weight is 156 g/mol. The van der Waals surface area contributed by atoms with Crippen molar-refractivity contribution in [2.45, 2.75) is 34.6 Å². The Morgan fingerprint density at radius 2 is 1.73 bits per heavy atom. The van der Waals surface area contributed by atoms with Crippen LogP contribution in [0.25, 0.3) is 0 Å². The molecule has 0 aromatic heterocycles. The molecule has 66 valence electrons. The van der Waals surface area contributed by atoms with Crippen LogP contribution in [0.15, 0.2) is 11.8 Å². The number of hydrogen-bond acceptors (Lipinski definition) is 1. The molecule has 0 aromatic rings. The maximum absolute atomic E-state index is 5.25. The zero-order valence-corrected chi connectivity index (χ0v) is 8.56. The molecule has 0 saturated heterocycles. The highest BCUT2D eigenvalue weighted by atomic mass is 16.5. The monoisotopic (exact) mass is 156 g/mol. The molecule has 0 aromatic carbocycles. The van der Waals surface area contributed by atoms with E-state index in [1.165, 1.54) is 0 Å². The van der Waals surface area contributed by atoms with Crippen LogP contribution in [-0.4, -0.2) is 7.11 Å². The van der Waals surface area contributed by atoms with Gasteiger partial charge in [-0.15, -0.1) is 0 Å². The van der Waals surface area contributed by atoms with Gasteiger partial charge in [0.15, 0.2) is 0 Å². The first-order valence-corrected chi connectivity index (χ1v) is 4.13. The van der Waals surface area contributed by atoms with Crippen LogP contribution in [-0.2, 0) is 4.74 Å². The molecule has 0 bridgehead atoms. The number of hydrogen-bond donors (Lipinski definition) is 0. The quantitative estimate of drug-likeness (QED) is 0.558. The molecule has 0 spiro atoms. The molecule has 0 rings (SSSR count). The van der Waals surface area contributed by atoms with Crippen molar-refractivity contribution in [1.82, 2.24) is 0 Å². The molecule has 0 N–H and O–H groups in total. The molecule has 11 heavy (non-hydrogen) atoms. The van der Waals surface area contributed by atoms with Gasteiger partial charge < -0.3 is 4.74 Å². The molecule has 0 fully saturated rings. The summed E-state index contributed by atoms with van der Waals surface area (Å²) in [5.41, 5.74) is 0.218. The first-order chi connectivity index (χ1) is 4.87. The molecule has 0 amide bonds. The van der Waals surface area contributed by atoms with E-state index in [0.717, 1.165) is 5.76 Å². The van der Waals surface area contributed by atoms with E-state index in [4.69, 9.17) is 4.74 Å². The summed E-state index contributed by atoms with van der Waals surface area (Å²) in [5, 5.41) is 0. The van der Waals surface area contributed by atoms with E-state index in [0.29, 0.717) is 5.92 Å². The smallest absolute Gasteiger partial charge is 0.0946 e. The molecule has 0 radical (unpaired) electrons. The summed E-state index contributed by atoms with van der Waals surface area (Å²) >= 11 is 0. The van der Waals surface area contributed by atoms with Crippen LogP contribution in [0.4, 0.5) is 0 Å². The first-order valence-electron chi connectivity index (χ1n) is 4.13. The maximum Gasteiger partial charge on any atom is 0.0946 e. The lowest BCUT2D eigenvalue weighted by Crippen LogP contribution is -2.06. The zero-order valence-electron chi connectivity index (χ0n) is 8.56. The minimum Gasteiger partial charge on any atom is -0.501 e. The Bertz CT molecular complexity index is 137. The summed E-state index contributed by atoms with van der Waals surface area (Å²) in [6.45, 7) is 10.8. The van der Waals surface area contributed by atoms with Crippen molar-refractivity contribution in [1.29, 1.82) is 0 Å². The maximum atomic E-state index is 5.25.